The number of hydrogen-bond donors (Lipinski definition) is 3. The molecular weight excluding hydrogens is 632 g/mol. The fourth-order valence-corrected chi connectivity index (χ4v) is 5.86. The van der Waals surface area contributed by atoms with Gasteiger partial charge in [-0.2, -0.15) is 0 Å². The first kappa shape index (κ1) is 35.0. The molecule has 4 rings (SSSR count). The topological polar surface area (TPSA) is 144 Å². The average molecular weight is 669 g/mol. The molecule has 0 saturated carbocycles. The fourth-order valence-electron chi connectivity index (χ4n) is 5.03. The number of anilines is 1. The van der Waals surface area contributed by atoms with Crippen molar-refractivity contribution in [1.82, 2.24) is 15.2 Å². The van der Waals surface area contributed by atoms with E-state index in [2.05, 4.69) is 27.4 Å². The second kappa shape index (κ2) is 15.5. The van der Waals surface area contributed by atoms with Crippen LogP contribution in [0.5, 0.6) is 11.6 Å². The van der Waals surface area contributed by atoms with Gasteiger partial charge in [-0.3, -0.25) is 9.69 Å². The fraction of sp³-hybridized carbons (Fsp3) is 0.367. The Bertz CT molecular complexity index is 1560. The number of amides is 3. The lowest BCUT2D eigenvalue weighted by Crippen LogP contribution is -2.50. The van der Waals surface area contributed by atoms with Crippen molar-refractivity contribution in [1.29, 1.82) is 0 Å². The van der Waals surface area contributed by atoms with Gasteiger partial charge in [-0.15, -0.1) is 12.4 Å². The van der Waals surface area contributed by atoms with Crippen molar-refractivity contribution in [3.8, 4) is 11.6 Å². The van der Waals surface area contributed by atoms with Crippen LogP contribution in [-0.4, -0.2) is 55.1 Å². The summed E-state index contributed by atoms with van der Waals surface area (Å²) in [6.45, 7) is 3.58. The smallest absolute Gasteiger partial charge is 0.319 e. The number of nitrogens with two attached hydrogens (primary N) is 1. The van der Waals surface area contributed by atoms with Gasteiger partial charge in [0.15, 0.2) is 9.84 Å². The molecule has 10 nitrogen and oxygen atoms in total. The molecule has 2 aromatic carbocycles. The van der Waals surface area contributed by atoms with Crippen molar-refractivity contribution < 1.29 is 27.1 Å². The molecule has 0 radical (unpaired) electrons. The maximum absolute atomic E-state index is 13.9. The summed E-state index contributed by atoms with van der Waals surface area (Å²) in [5.41, 5.74) is 5.97. The molecule has 2 atom stereocenters. The lowest BCUT2D eigenvalue weighted by molar-refractivity contribution is 0.0996. The van der Waals surface area contributed by atoms with Crippen LogP contribution in [0.15, 0.2) is 59.6 Å². The van der Waals surface area contributed by atoms with Gasteiger partial charge in [-0.25, -0.2) is 22.6 Å². The van der Waals surface area contributed by atoms with E-state index >= 15 is 0 Å². The van der Waals surface area contributed by atoms with Crippen molar-refractivity contribution in [3.63, 3.8) is 0 Å². The highest BCUT2D eigenvalue weighted by atomic mass is 35.5. The maximum atomic E-state index is 13.9. The van der Waals surface area contributed by atoms with Crippen molar-refractivity contribution in [2.45, 2.75) is 62.6 Å². The van der Waals surface area contributed by atoms with Gasteiger partial charge in [0.2, 0.25) is 5.88 Å². The van der Waals surface area contributed by atoms with Crippen LogP contribution in [0.3, 0.4) is 0 Å². The number of unbranched alkanes of at least 4 members (excludes halogenated alkanes) is 1. The molecule has 1 aliphatic heterocycles. The molecule has 0 aliphatic carbocycles. The largest absolute Gasteiger partial charge is 0.439 e. The number of ether oxygens (including phenoxy) is 1. The predicted molar refractivity (Wildman–Crippen MR) is 170 cm³/mol. The number of rotatable bonds is 11. The Morgan fingerprint density at radius 3 is 2.52 bits per heavy atom. The van der Waals surface area contributed by atoms with Gasteiger partial charge >= 0.3 is 6.03 Å². The van der Waals surface area contributed by atoms with Gasteiger partial charge in [0, 0.05) is 43.7 Å². The quantitative estimate of drug-likeness (QED) is 0.230. The maximum Gasteiger partial charge on any atom is 0.319 e. The normalized spacial score (nSPS) is 16.9. The Hall–Kier alpha value is -3.45. The predicted octanol–water partition coefficient (Wildman–Crippen LogP) is 5.94. The monoisotopic (exact) mass is 667 g/mol. The standard InChI is InChI=1S/C30H35ClFN5O5S.ClH/c1-3-4-5-21-14-20(35-30(39)36-27-15-24(29(33)38)26(32)16-25(27)31)12-13-37(21)18-19-6-11-28(34-17-19)42-22-7-9-23(10-8-22)43(2,40)41;/h6-11,15-17,20-21H,3-5,12-14,18H2,1-2H3,(H2,33,38)(H2,35,36,39);1H. The first-order chi connectivity index (χ1) is 20.4. The molecule has 238 valence electrons. The molecule has 3 amide bonds. The Morgan fingerprint density at radius 2 is 1.91 bits per heavy atom. The molecule has 1 saturated heterocycles. The summed E-state index contributed by atoms with van der Waals surface area (Å²) in [6, 6.07) is 11.6. The number of sulfone groups is 1. The third-order valence-corrected chi connectivity index (χ3v) is 8.73. The van der Waals surface area contributed by atoms with Crippen molar-refractivity contribution in [2.75, 3.05) is 18.1 Å². The first-order valence-corrected chi connectivity index (χ1v) is 16.2. The second-order valence-corrected chi connectivity index (χ2v) is 13.0. The molecular formula is C30H36Cl2FN5O5S. The second-order valence-electron chi connectivity index (χ2n) is 10.6. The molecule has 1 fully saturated rings. The number of carbonyl (C=O) groups excluding carboxylic acids is 2. The number of nitrogens with zero attached hydrogens (tertiary/aromatic N) is 2. The zero-order valence-electron chi connectivity index (χ0n) is 24.4. The number of pyridine rings is 1. The Kier molecular flexibility index (Phi) is 12.4. The van der Waals surface area contributed by atoms with E-state index < -0.39 is 27.6 Å². The minimum atomic E-state index is -3.28. The third-order valence-electron chi connectivity index (χ3n) is 7.29. The summed E-state index contributed by atoms with van der Waals surface area (Å²) < 4.78 is 43.0. The van der Waals surface area contributed by atoms with E-state index in [1.165, 1.54) is 12.1 Å². The van der Waals surface area contributed by atoms with Gasteiger partial charge in [0.05, 0.1) is 21.2 Å². The van der Waals surface area contributed by atoms with E-state index in [9.17, 15) is 22.4 Å². The minimum absolute atomic E-state index is 0. The highest BCUT2D eigenvalue weighted by Gasteiger charge is 2.29. The van der Waals surface area contributed by atoms with E-state index in [1.807, 2.05) is 6.07 Å². The number of hydrogen-bond acceptors (Lipinski definition) is 7. The molecule has 44 heavy (non-hydrogen) atoms. The van der Waals surface area contributed by atoms with Gasteiger partial charge in [-0.1, -0.05) is 37.4 Å². The number of benzene rings is 2. The van der Waals surface area contributed by atoms with E-state index in [-0.39, 0.29) is 45.7 Å². The first-order valence-electron chi connectivity index (χ1n) is 14.0. The summed E-state index contributed by atoms with van der Waals surface area (Å²) >= 11 is 6.07. The zero-order valence-corrected chi connectivity index (χ0v) is 26.8. The number of likely N-dealkylation sites (tertiary alicyclic amines) is 1. The lowest BCUT2D eigenvalue weighted by Gasteiger charge is -2.40. The number of nitrogens with one attached hydrogen (secondary N) is 2. The lowest BCUT2D eigenvalue weighted by atomic mass is 9.93. The molecule has 1 aromatic heterocycles. The Morgan fingerprint density at radius 1 is 1.18 bits per heavy atom. The number of carbonyl (C=O) groups is 2. The summed E-state index contributed by atoms with van der Waals surface area (Å²) in [4.78, 5) is 31.3. The van der Waals surface area contributed by atoms with E-state index in [0.29, 0.717) is 18.2 Å². The van der Waals surface area contributed by atoms with E-state index in [0.717, 1.165) is 62.6 Å². The van der Waals surface area contributed by atoms with Crippen LogP contribution in [0.4, 0.5) is 14.9 Å². The minimum Gasteiger partial charge on any atom is -0.439 e. The highest BCUT2D eigenvalue weighted by molar-refractivity contribution is 7.90. The van der Waals surface area contributed by atoms with Gasteiger partial charge in [0.25, 0.3) is 5.91 Å². The summed E-state index contributed by atoms with van der Waals surface area (Å²) in [5.74, 6) is -0.923. The molecule has 0 spiro atoms. The molecule has 2 unspecified atom stereocenters. The van der Waals surface area contributed by atoms with Gasteiger partial charge < -0.3 is 21.1 Å². The van der Waals surface area contributed by atoms with Crippen molar-refractivity contribution in [3.05, 3.63) is 76.7 Å². The Labute approximate surface area is 267 Å². The number of aromatic nitrogens is 1. The van der Waals surface area contributed by atoms with Crippen LogP contribution >= 0.6 is 24.0 Å². The average Bonchev–Trinajstić information content (AvgIpc) is 2.95. The SMILES string of the molecule is CCCCC1CC(NC(=O)Nc2cc(C(N)=O)c(F)cc2Cl)CCN1Cc1ccc(Oc2ccc(S(C)(=O)=O)cc2)nc1.Cl. The zero-order chi connectivity index (χ0) is 31.1. The number of primary amides is 1. The molecule has 3 aromatic rings. The molecule has 2 heterocycles. The summed E-state index contributed by atoms with van der Waals surface area (Å²) in [6.07, 6.45) is 7.45. The summed E-state index contributed by atoms with van der Waals surface area (Å²) in [7, 11) is -3.28. The van der Waals surface area contributed by atoms with Crippen molar-refractivity contribution in [2.24, 2.45) is 5.73 Å². The van der Waals surface area contributed by atoms with Gasteiger partial charge in [-0.05, 0) is 61.2 Å². The van der Waals surface area contributed by atoms with Crippen LogP contribution in [0.2, 0.25) is 5.02 Å². The molecule has 14 heteroatoms. The molecule has 4 N–H and O–H groups in total. The van der Waals surface area contributed by atoms with Crippen LogP contribution < -0.4 is 21.1 Å². The van der Waals surface area contributed by atoms with E-state index in [4.69, 9.17) is 22.1 Å². The van der Waals surface area contributed by atoms with E-state index in [1.54, 1.807) is 24.4 Å². The van der Waals surface area contributed by atoms with Crippen LogP contribution in [0.25, 0.3) is 0 Å². The third kappa shape index (κ3) is 9.52. The van der Waals surface area contributed by atoms with Crippen LogP contribution in [-0.2, 0) is 16.4 Å². The van der Waals surface area contributed by atoms with Crippen molar-refractivity contribution >= 4 is 51.5 Å². The van der Waals surface area contributed by atoms with Crippen LogP contribution in [0, 0.1) is 5.82 Å². The highest BCUT2D eigenvalue weighted by Crippen LogP contribution is 2.28. The summed E-state index contributed by atoms with van der Waals surface area (Å²) in [5, 5.41) is 5.55. The molecule has 1 aliphatic rings. The number of piperidine rings is 1. The van der Waals surface area contributed by atoms with Crippen LogP contribution in [0.1, 0.15) is 54.9 Å². The van der Waals surface area contributed by atoms with Gasteiger partial charge in [0.1, 0.15) is 11.6 Å². The number of urea groups is 1. The number of halogens is 3. The Balaban J connectivity index is 0.00000529. The molecule has 0 bridgehead atoms.